The van der Waals surface area contributed by atoms with Gasteiger partial charge in [0, 0.05) is 4.47 Å². The molecule has 0 atom stereocenters. The molecule has 0 unspecified atom stereocenters. The summed E-state index contributed by atoms with van der Waals surface area (Å²) in [6.07, 6.45) is 1.10. The standard InChI is InChI=1S/C17H19BrN2O3S/c1-12-7-6-8-13(2)17(12)20(24(3,22)23)11-16(21)19-15-10-5-4-9-14(15)18/h4-10H,11H2,1-3H3,(H,19,21). The molecule has 2 aromatic rings. The number of sulfonamides is 1. The number of benzene rings is 2. The molecule has 0 aliphatic heterocycles. The lowest BCUT2D eigenvalue weighted by molar-refractivity contribution is -0.114. The highest BCUT2D eigenvalue weighted by Crippen LogP contribution is 2.27. The van der Waals surface area contributed by atoms with Crippen molar-refractivity contribution in [1.29, 1.82) is 0 Å². The fourth-order valence-corrected chi connectivity index (χ4v) is 3.80. The van der Waals surface area contributed by atoms with E-state index in [9.17, 15) is 13.2 Å². The minimum Gasteiger partial charge on any atom is -0.323 e. The van der Waals surface area contributed by atoms with E-state index in [1.165, 1.54) is 0 Å². The molecule has 0 bridgehead atoms. The number of nitrogens with zero attached hydrogens (tertiary/aromatic N) is 1. The van der Waals surface area contributed by atoms with Gasteiger partial charge in [0.1, 0.15) is 6.54 Å². The van der Waals surface area contributed by atoms with Gasteiger partial charge >= 0.3 is 0 Å². The number of carbonyl (C=O) groups excluding carboxylic acids is 1. The van der Waals surface area contributed by atoms with Crippen LogP contribution in [0.1, 0.15) is 11.1 Å². The minimum absolute atomic E-state index is 0.286. The fourth-order valence-electron chi connectivity index (χ4n) is 2.44. The molecule has 7 heteroatoms. The number of halogens is 1. The van der Waals surface area contributed by atoms with Gasteiger partial charge < -0.3 is 5.32 Å². The quantitative estimate of drug-likeness (QED) is 0.820. The number of nitrogens with one attached hydrogen (secondary N) is 1. The third-order valence-corrected chi connectivity index (χ3v) is 5.33. The van der Waals surface area contributed by atoms with Crippen molar-refractivity contribution in [2.45, 2.75) is 13.8 Å². The number of aryl methyl sites for hydroxylation is 2. The molecule has 0 fully saturated rings. The summed E-state index contributed by atoms with van der Waals surface area (Å²) in [4.78, 5) is 12.4. The van der Waals surface area contributed by atoms with Crippen LogP contribution >= 0.6 is 15.9 Å². The van der Waals surface area contributed by atoms with Crippen LogP contribution in [0, 0.1) is 13.8 Å². The summed E-state index contributed by atoms with van der Waals surface area (Å²) in [5.74, 6) is -0.407. The molecular formula is C17H19BrN2O3S. The van der Waals surface area contributed by atoms with Crippen LogP contribution in [0.2, 0.25) is 0 Å². The third-order valence-electron chi connectivity index (χ3n) is 3.52. The van der Waals surface area contributed by atoms with Gasteiger partial charge in [-0.25, -0.2) is 8.42 Å². The van der Waals surface area contributed by atoms with Crippen LogP contribution in [0.15, 0.2) is 46.9 Å². The Labute approximate surface area is 150 Å². The molecule has 0 aromatic heterocycles. The molecule has 0 heterocycles. The summed E-state index contributed by atoms with van der Waals surface area (Å²) in [7, 11) is -3.60. The Morgan fingerprint density at radius 2 is 1.67 bits per heavy atom. The monoisotopic (exact) mass is 410 g/mol. The molecule has 1 N–H and O–H groups in total. The first kappa shape index (κ1) is 18.5. The van der Waals surface area contributed by atoms with E-state index in [1.54, 1.807) is 18.2 Å². The smallest absolute Gasteiger partial charge is 0.245 e. The van der Waals surface area contributed by atoms with E-state index in [0.717, 1.165) is 26.2 Å². The molecule has 24 heavy (non-hydrogen) atoms. The number of hydrogen-bond donors (Lipinski definition) is 1. The Bertz CT molecular complexity index is 846. The lowest BCUT2D eigenvalue weighted by Gasteiger charge is -2.25. The Morgan fingerprint density at radius 1 is 1.08 bits per heavy atom. The van der Waals surface area contributed by atoms with Crippen LogP contribution in [0.3, 0.4) is 0 Å². The first-order valence-corrected chi connectivity index (χ1v) is 9.92. The maximum Gasteiger partial charge on any atom is 0.245 e. The van der Waals surface area contributed by atoms with Crippen LogP contribution in [0.25, 0.3) is 0 Å². The summed E-state index contributed by atoms with van der Waals surface area (Å²) in [5.41, 5.74) is 2.74. The van der Waals surface area contributed by atoms with Gasteiger partial charge in [-0.15, -0.1) is 0 Å². The first-order valence-electron chi connectivity index (χ1n) is 7.28. The average Bonchev–Trinajstić information content (AvgIpc) is 2.47. The van der Waals surface area contributed by atoms with E-state index < -0.39 is 15.9 Å². The van der Waals surface area contributed by atoms with E-state index in [4.69, 9.17) is 0 Å². The molecular weight excluding hydrogens is 392 g/mol. The maximum absolute atomic E-state index is 12.4. The third kappa shape index (κ3) is 4.36. The lowest BCUT2D eigenvalue weighted by Crippen LogP contribution is -2.38. The second-order valence-electron chi connectivity index (χ2n) is 5.54. The van der Waals surface area contributed by atoms with E-state index in [2.05, 4.69) is 21.2 Å². The van der Waals surface area contributed by atoms with E-state index >= 15 is 0 Å². The van der Waals surface area contributed by atoms with Crippen molar-refractivity contribution in [3.63, 3.8) is 0 Å². The van der Waals surface area contributed by atoms with Crippen LogP contribution in [0.4, 0.5) is 11.4 Å². The van der Waals surface area contributed by atoms with Crippen LogP contribution in [-0.4, -0.2) is 27.1 Å². The van der Waals surface area contributed by atoms with Crippen LogP contribution in [-0.2, 0) is 14.8 Å². The molecule has 0 aliphatic carbocycles. The molecule has 128 valence electrons. The number of para-hydroxylation sites is 2. The second-order valence-corrected chi connectivity index (χ2v) is 8.30. The molecule has 5 nitrogen and oxygen atoms in total. The molecule has 2 aromatic carbocycles. The van der Waals surface area contributed by atoms with Crippen molar-refractivity contribution in [2.24, 2.45) is 0 Å². The zero-order valence-electron chi connectivity index (χ0n) is 13.7. The summed E-state index contributed by atoms with van der Waals surface area (Å²) in [5, 5.41) is 2.73. The number of carbonyl (C=O) groups is 1. The van der Waals surface area contributed by atoms with Gasteiger partial charge in [0.2, 0.25) is 15.9 Å². The van der Waals surface area contributed by atoms with Gasteiger partial charge in [0.05, 0.1) is 17.6 Å². The van der Waals surface area contributed by atoms with Gasteiger partial charge in [-0.05, 0) is 53.0 Å². The van der Waals surface area contributed by atoms with Crippen molar-refractivity contribution in [3.8, 4) is 0 Å². The Balaban J connectivity index is 2.31. The second kappa shape index (κ2) is 7.36. The maximum atomic E-state index is 12.4. The summed E-state index contributed by atoms with van der Waals surface area (Å²) < 4.78 is 26.3. The number of amides is 1. The lowest BCUT2D eigenvalue weighted by atomic mass is 10.1. The highest BCUT2D eigenvalue weighted by atomic mass is 79.9. The van der Waals surface area contributed by atoms with Gasteiger partial charge in [-0.2, -0.15) is 0 Å². The van der Waals surface area contributed by atoms with Gasteiger partial charge in [0.25, 0.3) is 0 Å². The van der Waals surface area contributed by atoms with Crippen molar-refractivity contribution >= 4 is 43.2 Å². The largest absolute Gasteiger partial charge is 0.323 e. The predicted octanol–water partition coefficient (Wildman–Crippen LogP) is 3.47. The normalized spacial score (nSPS) is 11.2. The van der Waals surface area contributed by atoms with Crippen LogP contribution in [0.5, 0.6) is 0 Å². The number of hydrogen-bond acceptors (Lipinski definition) is 3. The van der Waals surface area contributed by atoms with E-state index in [1.807, 2.05) is 38.1 Å². The highest BCUT2D eigenvalue weighted by molar-refractivity contribution is 9.10. The predicted molar refractivity (Wildman–Crippen MR) is 101 cm³/mol. The Morgan fingerprint density at radius 3 is 2.21 bits per heavy atom. The highest BCUT2D eigenvalue weighted by Gasteiger charge is 2.24. The van der Waals surface area contributed by atoms with Gasteiger partial charge in [-0.1, -0.05) is 30.3 Å². The van der Waals surface area contributed by atoms with Crippen molar-refractivity contribution in [3.05, 3.63) is 58.1 Å². The van der Waals surface area contributed by atoms with Gasteiger partial charge in [-0.3, -0.25) is 9.10 Å². The number of rotatable bonds is 5. The summed E-state index contributed by atoms with van der Waals surface area (Å²) in [6.45, 7) is 3.37. The molecule has 0 saturated carbocycles. The molecule has 1 amide bonds. The summed E-state index contributed by atoms with van der Waals surface area (Å²) in [6, 6.07) is 12.7. The molecule has 2 rings (SSSR count). The minimum atomic E-state index is -3.60. The number of anilines is 2. The van der Waals surface area contributed by atoms with E-state index in [-0.39, 0.29) is 6.54 Å². The topological polar surface area (TPSA) is 66.5 Å². The Hall–Kier alpha value is -1.86. The molecule has 0 saturated heterocycles. The zero-order valence-corrected chi connectivity index (χ0v) is 16.1. The fraction of sp³-hybridized carbons (Fsp3) is 0.235. The van der Waals surface area contributed by atoms with Crippen molar-refractivity contribution in [1.82, 2.24) is 0 Å². The SMILES string of the molecule is Cc1cccc(C)c1N(CC(=O)Nc1ccccc1Br)S(C)(=O)=O. The Kier molecular flexibility index (Phi) is 5.66. The molecule has 0 aliphatic rings. The molecule has 0 radical (unpaired) electrons. The zero-order chi connectivity index (χ0) is 17.9. The average molecular weight is 411 g/mol. The van der Waals surface area contributed by atoms with Gasteiger partial charge in [0.15, 0.2) is 0 Å². The summed E-state index contributed by atoms with van der Waals surface area (Å²) >= 11 is 3.35. The van der Waals surface area contributed by atoms with E-state index in [0.29, 0.717) is 11.4 Å². The van der Waals surface area contributed by atoms with Crippen LogP contribution < -0.4 is 9.62 Å². The van der Waals surface area contributed by atoms with Crippen molar-refractivity contribution < 1.29 is 13.2 Å². The first-order chi connectivity index (χ1) is 11.2. The molecule has 0 spiro atoms. The van der Waals surface area contributed by atoms with Crippen molar-refractivity contribution in [2.75, 3.05) is 22.4 Å².